The van der Waals surface area contributed by atoms with Crippen LogP contribution < -0.4 is 5.43 Å². The van der Waals surface area contributed by atoms with Crippen molar-refractivity contribution in [2.24, 2.45) is 5.10 Å². The topological polar surface area (TPSA) is 67.5 Å². The van der Waals surface area contributed by atoms with E-state index in [1.165, 1.54) is 30.3 Å². The minimum Gasteiger partial charge on any atom is -0.278 e. The van der Waals surface area contributed by atoms with Crippen molar-refractivity contribution in [1.29, 1.82) is 0 Å². The number of nitrogens with one attached hydrogen (secondary N) is 1. The van der Waals surface area contributed by atoms with Crippen molar-refractivity contribution in [2.45, 2.75) is 0 Å². The van der Waals surface area contributed by atoms with E-state index in [0.717, 1.165) is 18.3 Å². The lowest BCUT2D eigenvalue weighted by Crippen LogP contribution is -1.96. The monoisotopic (exact) mass is 277 g/mol. The molecule has 0 atom stereocenters. The van der Waals surface area contributed by atoms with Crippen LogP contribution in [-0.4, -0.2) is 11.1 Å². The summed E-state index contributed by atoms with van der Waals surface area (Å²) in [6, 6.07) is 8.96. The van der Waals surface area contributed by atoms with Crippen LogP contribution in [0.4, 0.5) is 20.2 Å². The van der Waals surface area contributed by atoms with Gasteiger partial charge in [-0.15, -0.1) is 0 Å². The maximum atomic E-state index is 13.3. The van der Waals surface area contributed by atoms with Gasteiger partial charge in [-0.1, -0.05) is 6.07 Å². The number of nitrogens with zero attached hydrogens (tertiary/aromatic N) is 2. The molecule has 0 saturated heterocycles. The Balaban J connectivity index is 2.08. The van der Waals surface area contributed by atoms with E-state index in [-0.39, 0.29) is 11.3 Å². The fourth-order valence-corrected chi connectivity index (χ4v) is 1.46. The predicted octanol–water partition coefficient (Wildman–Crippen LogP) is 3.32. The molecule has 0 aliphatic carbocycles. The third-order valence-electron chi connectivity index (χ3n) is 2.47. The molecule has 0 radical (unpaired) electrons. The Morgan fingerprint density at radius 1 is 1.10 bits per heavy atom. The number of halogens is 2. The van der Waals surface area contributed by atoms with Crippen molar-refractivity contribution in [3.05, 3.63) is 69.8 Å². The summed E-state index contributed by atoms with van der Waals surface area (Å²) in [5.41, 5.74) is 2.67. The highest BCUT2D eigenvalue weighted by molar-refractivity contribution is 5.80. The van der Waals surface area contributed by atoms with Gasteiger partial charge in [0.15, 0.2) is 0 Å². The second kappa shape index (κ2) is 5.87. The van der Waals surface area contributed by atoms with E-state index in [1.54, 1.807) is 0 Å². The standard InChI is InChI=1S/C13H9F2N3O2/c14-12-2-1-3-13(15)11(12)8-16-17-9-4-6-10(7-5-9)18(19)20/h1-8,17H/b16-8+. The van der Waals surface area contributed by atoms with Gasteiger partial charge in [0.2, 0.25) is 0 Å². The predicted molar refractivity (Wildman–Crippen MR) is 70.7 cm³/mol. The first kappa shape index (κ1) is 13.6. The molecule has 0 aliphatic rings. The average Bonchev–Trinajstić information content (AvgIpc) is 2.42. The molecule has 7 heteroatoms. The first-order valence-electron chi connectivity index (χ1n) is 5.55. The van der Waals surface area contributed by atoms with Crippen LogP contribution in [0.3, 0.4) is 0 Å². The molecule has 0 aromatic heterocycles. The molecule has 2 aromatic rings. The molecule has 0 spiro atoms. The molecule has 2 aromatic carbocycles. The molecule has 0 unspecified atom stereocenters. The summed E-state index contributed by atoms with van der Waals surface area (Å²) in [6.07, 6.45) is 1.01. The number of non-ortho nitro benzene ring substituents is 1. The molecule has 1 N–H and O–H groups in total. The molecule has 0 aliphatic heterocycles. The number of nitro groups is 1. The summed E-state index contributed by atoms with van der Waals surface area (Å²) in [7, 11) is 0. The van der Waals surface area contributed by atoms with Gasteiger partial charge in [0, 0.05) is 12.1 Å². The first-order valence-corrected chi connectivity index (χ1v) is 5.55. The van der Waals surface area contributed by atoms with Gasteiger partial charge in [-0.05, 0) is 24.3 Å². The van der Waals surface area contributed by atoms with Gasteiger partial charge in [-0.3, -0.25) is 15.5 Å². The average molecular weight is 277 g/mol. The summed E-state index contributed by atoms with van der Waals surface area (Å²) >= 11 is 0. The van der Waals surface area contributed by atoms with E-state index in [0.29, 0.717) is 5.69 Å². The van der Waals surface area contributed by atoms with Gasteiger partial charge < -0.3 is 0 Å². The quantitative estimate of drug-likeness (QED) is 0.529. The lowest BCUT2D eigenvalue weighted by atomic mass is 10.2. The number of rotatable bonds is 4. The molecule has 0 amide bonds. The highest BCUT2D eigenvalue weighted by Gasteiger charge is 2.05. The summed E-state index contributed by atoms with van der Waals surface area (Å²) in [4.78, 5) is 9.93. The van der Waals surface area contributed by atoms with E-state index in [2.05, 4.69) is 10.5 Å². The van der Waals surface area contributed by atoms with Crippen LogP contribution in [0.5, 0.6) is 0 Å². The van der Waals surface area contributed by atoms with E-state index >= 15 is 0 Å². The number of hydrogen-bond acceptors (Lipinski definition) is 4. The second-order valence-electron chi connectivity index (χ2n) is 3.81. The molecular weight excluding hydrogens is 268 g/mol. The zero-order chi connectivity index (χ0) is 14.5. The maximum Gasteiger partial charge on any atom is 0.269 e. The fourth-order valence-electron chi connectivity index (χ4n) is 1.46. The van der Waals surface area contributed by atoms with Crippen molar-refractivity contribution in [3.8, 4) is 0 Å². The van der Waals surface area contributed by atoms with Gasteiger partial charge >= 0.3 is 0 Å². The molecule has 0 heterocycles. The smallest absolute Gasteiger partial charge is 0.269 e. The highest BCUT2D eigenvalue weighted by atomic mass is 19.1. The summed E-state index contributed by atoms with van der Waals surface area (Å²) in [5.74, 6) is -1.45. The first-order chi connectivity index (χ1) is 9.58. The second-order valence-corrected chi connectivity index (χ2v) is 3.81. The van der Waals surface area contributed by atoms with Gasteiger partial charge in [-0.25, -0.2) is 8.78 Å². The molecule has 0 saturated carbocycles. The van der Waals surface area contributed by atoms with Crippen molar-refractivity contribution in [3.63, 3.8) is 0 Å². The molecule has 0 fully saturated rings. The van der Waals surface area contributed by atoms with Gasteiger partial charge in [0.1, 0.15) is 11.6 Å². The Hall–Kier alpha value is -2.83. The molecule has 5 nitrogen and oxygen atoms in total. The molecule has 2 rings (SSSR count). The third-order valence-corrected chi connectivity index (χ3v) is 2.47. The van der Waals surface area contributed by atoms with E-state index < -0.39 is 16.6 Å². The number of anilines is 1. The van der Waals surface area contributed by atoms with Gasteiger partial charge in [-0.2, -0.15) is 5.10 Å². The minimum absolute atomic E-state index is 0.0559. The van der Waals surface area contributed by atoms with Crippen LogP contribution >= 0.6 is 0 Å². The van der Waals surface area contributed by atoms with Crippen LogP contribution in [0, 0.1) is 21.7 Å². The lowest BCUT2D eigenvalue weighted by molar-refractivity contribution is -0.384. The zero-order valence-corrected chi connectivity index (χ0v) is 10.1. The van der Waals surface area contributed by atoms with Crippen molar-refractivity contribution in [1.82, 2.24) is 0 Å². The Labute approximate surface area is 112 Å². The number of hydrogen-bond donors (Lipinski definition) is 1. The van der Waals surface area contributed by atoms with Crippen LogP contribution in [0.2, 0.25) is 0 Å². The van der Waals surface area contributed by atoms with Crippen molar-refractivity contribution < 1.29 is 13.7 Å². The normalized spacial score (nSPS) is 10.7. The summed E-state index contributed by atoms with van der Waals surface area (Å²) in [6.45, 7) is 0. The largest absolute Gasteiger partial charge is 0.278 e. The summed E-state index contributed by atoms with van der Waals surface area (Å²) < 4.78 is 26.6. The van der Waals surface area contributed by atoms with Crippen LogP contribution in [0.25, 0.3) is 0 Å². The minimum atomic E-state index is -0.723. The fraction of sp³-hybridized carbons (Fsp3) is 0. The van der Waals surface area contributed by atoms with Gasteiger partial charge in [0.25, 0.3) is 5.69 Å². The Bertz CT molecular complexity index is 637. The van der Waals surface area contributed by atoms with E-state index in [9.17, 15) is 18.9 Å². The number of hydrazone groups is 1. The molecule has 20 heavy (non-hydrogen) atoms. The van der Waals surface area contributed by atoms with E-state index in [4.69, 9.17) is 0 Å². The highest BCUT2D eigenvalue weighted by Crippen LogP contribution is 2.15. The van der Waals surface area contributed by atoms with Crippen LogP contribution in [-0.2, 0) is 0 Å². The van der Waals surface area contributed by atoms with Crippen LogP contribution in [0.15, 0.2) is 47.6 Å². The SMILES string of the molecule is O=[N+]([O-])c1ccc(N/N=C/c2c(F)cccc2F)cc1. The number of benzene rings is 2. The van der Waals surface area contributed by atoms with Crippen molar-refractivity contribution >= 4 is 17.6 Å². The Morgan fingerprint density at radius 3 is 2.25 bits per heavy atom. The third kappa shape index (κ3) is 3.14. The van der Waals surface area contributed by atoms with E-state index in [1.807, 2.05) is 0 Å². The summed E-state index contributed by atoms with van der Waals surface area (Å²) in [5, 5.41) is 14.1. The van der Waals surface area contributed by atoms with Crippen LogP contribution in [0.1, 0.15) is 5.56 Å². The zero-order valence-electron chi connectivity index (χ0n) is 10.1. The molecule has 102 valence electrons. The lowest BCUT2D eigenvalue weighted by Gasteiger charge is -2.00. The maximum absolute atomic E-state index is 13.3. The molecule has 0 bridgehead atoms. The molecular formula is C13H9F2N3O2. The Morgan fingerprint density at radius 2 is 1.70 bits per heavy atom. The Kier molecular flexibility index (Phi) is 3.99. The number of nitro benzene ring substituents is 1. The van der Waals surface area contributed by atoms with Gasteiger partial charge in [0.05, 0.1) is 22.4 Å². The van der Waals surface area contributed by atoms with Crippen molar-refractivity contribution in [2.75, 3.05) is 5.43 Å².